The maximum Gasteiger partial charge on any atom is 0.263 e. The molecule has 3 aromatic rings. The molecule has 0 atom stereocenters. The van der Waals surface area contributed by atoms with Crippen molar-refractivity contribution in [1.82, 2.24) is 4.98 Å². The number of benzene rings is 1. The third-order valence-electron chi connectivity index (χ3n) is 4.35. The van der Waals surface area contributed by atoms with E-state index in [9.17, 15) is 4.79 Å². The minimum atomic E-state index is -0.0651. The van der Waals surface area contributed by atoms with Gasteiger partial charge in [0, 0.05) is 16.3 Å². The molecule has 0 bridgehead atoms. The molecule has 116 valence electrons. The van der Waals surface area contributed by atoms with Gasteiger partial charge in [-0.1, -0.05) is 19.8 Å². The number of pyridine rings is 1. The summed E-state index contributed by atoms with van der Waals surface area (Å²) in [5.41, 5.74) is 4.93. The first-order valence-corrected chi connectivity index (χ1v) is 8.55. The monoisotopic (exact) mass is 361 g/mol. The molecule has 0 spiro atoms. The molecule has 0 saturated carbocycles. The van der Waals surface area contributed by atoms with Gasteiger partial charge >= 0.3 is 0 Å². The number of aryl methyl sites for hydroxylation is 3. The molecule has 4 heteroatoms. The van der Waals surface area contributed by atoms with E-state index in [4.69, 9.17) is 4.42 Å². The van der Waals surface area contributed by atoms with Crippen LogP contribution in [0.3, 0.4) is 0 Å². The summed E-state index contributed by atoms with van der Waals surface area (Å²) in [6.45, 7) is 6.25. The summed E-state index contributed by atoms with van der Waals surface area (Å²) in [6.07, 6.45) is 6.13. The highest BCUT2D eigenvalue weighted by Crippen LogP contribution is 2.33. The van der Waals surface area contributed by atoms with E-state index < -0.39 is 0 Å². The highest BCUT2D eigenvalue weighted by Gasteiger charge is 2.16. The van der Waals surface area contributed by atoms with E-state index in [1.807, 2.05) is 6.92 Å². The average Bonchev–Trinajstić information content (AvgIpc) is 2.86. The molecule has 0 fully saturated rings. The van der Waals surface area contributed by atoms with Crippen molar-refractivity contribution < 1.29 is 4.42 Å². The van der Waals surface area contributed by atoms with Gasteiger partial charge in [0.05, 0.1) is 16.3 Å². The summed E-state index contributed by atoms with van der Waals surface area (Å²) in [4.78, 5) is 15.2. The molecule has 0 aliphatic heterocycles. The van der Waals surface area contributed by atoms with E-state index in [0.29, 0.717) is 4.47 Å². The lowest BCUT2D eigenvalue weighted by Gasteiger charge is -2.11. The molecule has 3 rings (SSSR count). The number of hydrogen-bond acceptors (Lipinski definition) is 2. The van der Waals surface area contributed by atoms with Crippen LogP contribution in [-0.4, -0.2) is 4.98 Å². The first kappa shape index (κ1) is 15.3. The van der Waals surface area contributed by atoms with Crippen LogP contribution in [0.5, 0.6) is 0 Å². The van der Waals surface area contributed by atoms with Gasteiger partial charge in [0.2, 0.25) is 0 Å². The zero-order valence-electron chi connectivity index (χ0n) is 13.2. The van der Waals surface area contributed by atoms with Crippen LogP contribution in [0.25, 0.3) is 21.9 Å². The maximum atomic E-state index is 12.2. The van der Waals surface area contributed by atoms with Gasteiger partial charge in [-0.05, 0) is 59.8 Å². The lowest BCUT2D eigenvalue weighted by molar-refractivity contribution is 0.611. The van der Waals surface area contributed by atoms with Crippen molar-refractivity contribution in [3.05, 3.63) is 43.8 Å². The number of aromatic nitrogens is 1. The van der Waals surface area contributed by atoms with Crippen molar-refractivity contribution in [2.24, 2.45) is 0 Å². The second-order valence-electron chi connectivity index (χ2n) is 5.92. The van der Waals surface area contributed by atoms with E-state index in [1.54, 1.807) is 6.26 Å². The van der Waals surface area contributed by atoms with Gasteiger partial charge in [-0.2, -0.15) is 0 Å². The molecule has 0 amide bonds. The summed E-state index contributed by atoms with van der Waals surface area (Å²) >= 11 is 3.48. The maximum absolute atomic E-state index is 12.2. The smallest absolute Gasteiger partial charge is 0.263 e. The normalized spacial score (nSPS) is 11.6. The Morgan fingerprint density at radius 2 is 2.00 bits per heavy atom. The van der Waals surface area contributed by atoms with Crippen molar-refractivity contribution in [2.45, 2.75) is 46.5 Å². The zero-order valence-corrected chi connectivity index (χ0v) is 14.8. The topological polar surface area (TPSA) is 46.0 Å². The van der Waals surface area contributed by atoms with Crippen LogP contribution in [0.2, 0.25) is 0 Å². The van der Waals surface area contributed by atoms with E-state index in [0.717, 1.165) is 51.4 Å². The number of rotatable bonds is 4. The second-order valence-corrected chi connectivity index (χ2v) is 6.72. The Hall–Kier alpha value is -1.55. The Morgan fingerprint density at radius 1 is 1.23 bits per heavy atom. The first-order valence-electron chi connectivity index (χ1n) is 7.76. The minimum Gasteiger partial charge on any atom is -0.464 e. The molecule has 1 N–H and O–H groups in total. The lowest BCUT2D eigenvalue weighted by atomic mass is 9.98. The molecular weight excluding hydrogens is 342 g/mol. The molecule has 3 nitrogen and oxygen atoms in total. The predicted octanol–water partition coefficient (Wildman–Crippen LogP) is 5.39. The molecule has 22 heavy (non-hydrogen) atoms. The summed E-state index contributed by atoms with van der Waals surface area (Å²) in [5, 5.41) is 2.25. The van der Waals surface area contributed by atoms with E-state index >= 15 is 0 Å². The number of fused-ring (bicyclic) bond motifs is 2. The molecule has 0 aliphatic carbocycles. The number of nitrogens with one attached hydrogen (secondary N) is 1. The minimum absolute atomic E-state index is 0.0651. The van der Waals surface area contributed by atoms with Crippen LogP contribution >= 0.6 is 15.9 Å². The van der Waals surface area contributed by atoms with Crippen LogP contribution in [-0.2, 0) is 6.42 Å². The number of unbranched alkanes of at least 4 members (excludes halogenated alkanes) is 2. The van der Waals surface area contributed by atoms with Gasteiger partial charge in [-0.3, -0.25) is 4.79 Å². The Kier molecular flexibility index (Phi) is 4.13. The fraction of sp³-hybridized carbons (Fsp3) is 0.389. The lowest BCUT2D eigenvalue weighted by Crippen LogP contribution is -2.11. The van der Waals surface area contributed by atoms with Gasteiger partial charge in [-0.15, -0.1) is 0 Å². The summed E-state index contributed by atoms with van der Waals surface area (Å²) in [7, 11) is 0. The number of H-pyrrole nitrogens is 1. The van der Waals surface area contributed by atoms with Gasteiger partial charge in [0.1, 0.15) is 5.58 Å². The SMILES string of the molecule is CCCCCc1c(Br)c(=O)[nH]c2c(C)c3occ(C)c3cc12. The Morgan fingerprint density at radius 3 is 2.73 bits per heavy atom. The molecule has 0 unspecified atom stereocenters. The molecule has 2 heterocycles. The Balaban J connectivity index is 2.33. The highest BCUT2D eigenvalue weighted by molar-refractivity contribution is 9.10. The molecule has 2 aromatic heterocycles. The summed E-state index contributed by atoms with van der Waals surface area (Å²) in [6, 6.07) is 2.15. The average molecular weight is 362 g/mol. The number of halogens is 1. The van der Waals surface area contributed by atoms with Crippen LogP contribution in [0, 0.1) is 13.8 Å². The van der Waals surface area contributed by atoms with Crippen molar-refractivity contribution in [3.8, 4) is 0 Å². The van der Waals surface area contributed by atoms with Crippen LogP contribution in [0.1, 0.15) is 42.9 Å². The molecule has 0 aliphatic rings. The highest BCUT2D eigenvalue weighted by atomic mass is 79.9. The van der Waals surface area contributed by atoms with Crippen molar-refractivity contribution in [3.63, 3.8) is 0 Å². The number of furan rings is 1. The van der Waals surface area contributed by atoms with Gasteiger partial charge < -0.3 is 9.40 Å². The Bertz CT molecular complexity index is 905. The third-order valence-corrected chi connectivity index (χ3v) is 5.19. The van der Waals surface area contributed by atoms with Crippen molar-refractivity contribution in [1.29, 1.82) is 0 Å². The number of hydrogen-bond donors (Lipinski definition) is 1. The zero-order chi connectivity index (χ0) is 15.9. The summed E-state index contributed by atoms with van der Waals surface area (Å²) in [5.74, 6) is 0. The van der Waals surface area contributed by atoms with E-state index in [1.165, 1.54) is 12.8 Å². The standard InChI is InChI=1S/C18H20BrNO2/c1-4-5-6-7-12-14-8-13-10(2)9-22-17(13)11(3)16(14)20-18(21)15(12)19/h8-9H,4-7H2,1-3H3,(H,20,21). The van der Waals surface area contributed by atoms with Crippen molar-refractivity contribution in [2.75, 3.05) is 0 Å². The number of aromatic amines is 1. The summed E-state index contributed by atoms with van der Waals surface area (Å²) < 4.78 is 6.33. The molecule has 0 radical (unpaired) electrons. The predicted molar refractivity (Wildman–Crippen MR) is 94.7 cm³/mol. The van der Waals surface area contributed by atoms with Gasteiger partial charge in [-0.25, -0.2) is 0 Å². The Labute approximate surface area is 137 Å². The fourth-order valence-corrected chi connectivity index (χ4v) is 3.59. The van der Waals surface area contributed by atoms with Gasteiger partial charge in [0.25, 0.3) is 5.56 Å². The second kappa shape index (κ2) is 5.92. The van der Waals surface area contributed by atoms with Crippen LogP contribution in [0.4, 0.5) is 0 Å². The van der Waals surface area contributed by atoms with Gasteiger partial charge in [0.15, 0.2) is 0 Å². The quantitative estimate of drug-likeness (QED) is 0.633. The van der Waals surface area contributed by atoms with E-state index in [-0.39, 0.29) is 5.56 Å². The first-order chi connectivity index (χ1) is 10.5. The van der Waals surface area contributed by atoms with Crippen molar-refractivity contribution >= 4 is 37.8 Å². The fourth-order valence-electron chi connectivity index (χ4n) is 3.07. The van der Waals surface area contributed by atoms with Crippen LogP contribution < -0.4 is 5.56 Å². The molecule has 0 saturated heterocycles. The third kappa shape index (κ3) is 2.39. The molecule has 1 aromatic carbocycles. The van der Waals surface area contributed by atoms with Crippen LogP contribution in [0.15, 0.2) is 26.0 Å². The largest absolute Gasteiger partial charge is 0.464 e. The van der Waals surface area contributed by atoms with E-state index in [2.05, 4.69) is 40.8 Å². The molecular formula is C18H20BrNO2.